The highest BCUT2D eigenvalue weighted by Gasteiger charge is 2.24. The van der Waals surface area contributed by atoms with Crippen molar-refractivity contribution in [1.29, 1.82) is 0 Å². The van der Waals surface area contributed by atoms with Crippen LogP contribution in [0.4, 0.5) is 10.1 Å². The molecule has 1 heterocycles. The average Bonchev–Trinajstić information content (AvgIpc) is 2.61. The molecule has 0 saturated carbocycles. The standard InChI is InChI=1S/C20H24FN3O/c1-16-2-4-17(5-3-16)14-23-10-12-24(13-11-23)15-20(25)22-19-8-6-18(21)7-9-19/h2-9H,10-15H2,1H3,(H,22,25)/p+2. The third-order valence-electron chi connectivity index (χ3n) is 4.78. The molecule has 25 heavy (non-hydrogen) atoms. The number of hydrogen-bond acceptors (Lipinski definition) is 1. The first-order chi connectivity index (χ1) is 12.1. The third kappa shape index (κ3) is 5.37. The van der Waals surface area contributed by atoms with E-state index in [2.05, 4.69) is 36.5 Å². The lowest BCUT2D eigenvalue weighted by atomic mass is 10.1. The molecule has 4 nitrogen and oxygen atoms in total. The molecular weight excluding hydrogens is 317 g/mol. The minimum Gasteiger partial charge on any atom is -0.322 e. The SMILES string of the molecule is Cc1ccc(C[NH+]2CC[NH+](CC(=O)Nc3ccc(F)cc3)CC2)cc1. The van der Waals surface area contributed by atoms with Crippen molar-refractivity contribution in [3.63, 3.8) is 0 Å². The second-order valence-corrected chi connectivity index (χ2v) is 6.89. The summed E-state index contributed by atoms with van der Waals surface area (Å²) in [6.07, 6.45) is 0. The van der Waals surface area contributed by atoms with Crippen LogP contribution < -0.4 is 15.1 Å². The Kier molecular flexibility index (Phi) is 5.79. The first-order valence-electron chi connectivity index (χ1n) is 8.86. The molecule has 0 aliphatic carbocycles. The molecule has 132 valence electrons. The van der Waals surface area contributed by atoms with Gasteiger partial charge in [0.15, 0.2) is 6.54 Å². The van der Waals surface area contributed by atoms with E-state index in [4.69, 9.17) is 0 Å². The summed E-state index contributed by atoms with van der Waals surface area (Å²) in [4.78, 5) is 15.0. The summed E-state index contributed by atoms with van der Waals surface area (Å²) in [5, 5.41) is 2.84. The largest absolute Gasteiger partial charge is 0.322 e. The zero-order valence-electron chi connectivity index (χ0n) is 14.6. The number of amides is 1. The third-order valence-corrected chi connectivity index (χ3v) is 4.78. The number of carbonyl (C=O) groups is 1. The van der Waals surface area contributed by atoms with Crippen LogP contribution >= 0.6 is 0 Å². The van der Waals surface area contributed by atoms with Gasteiger partial charge in [0, 0.05) is 11.3 Å². The van der Waals surface area contributed by atoms with E-state index in [1.165, 1.54) is 28.2 Å². The van der Waals surface area contributed by atoms with Crippen molar-refractivity contribution >= 4 is 11.6 Å². The summed E-state index contributed by atoms with van der Waals surface area (Å²) >= 11 is 0. The molecule has 0 unspecified atom stereocenters. The molecule has 1 amide bonds. The number of anilines is 1. The Morgan fingerprint density at radius 3 is 2.20 bits per heavy atom. The van der Waals surface area contributed by atoms with Gasteiger partial charge in [0.25, 0.3) is 5.91 Å². The van der Waals surface area contributed by atoms with E-state index < -0.39 is 0 Å². The molecule has 3 rings (SSSR count). The van der Waals surface area contributed by atoms with E-state index in [-0.39, 0.29) is 11.7 Å². The smallest absolute Gasteiger partial charge is 0.279 e. The van der Waals surface area contributed by atoms with Crippen molar-refractivity contribution in [2.75, 3.05) is 38.0 Å². The first-order valence-corrected chi connectivity index (χ1v) is 8.86. The van der Waals surface area contributed by atoms with Gasteiger partial charge in [0.1, 0.15) is 38.5 Å². The van der Waals surface area contributed by atoms with E-state index in [0.717, 1.165) is 32.7 Å². The number of piperazine rings is 1. The van der Waals surface area contributed by atoms with Gasteiger partial charge in [-0.05, 0) is 31.2 Å². The van der Waals surface area contributed by atoms with Crippen LogP contribution in [-0.2, 0) is 11.3 Å². The molecule has 1 fully saturated rings. The van der Waals surface area contributed by atoms with Gasteiger partial charge in [0.05, 0.1) is 0 Å². The number of rotatable bonds is 5. The van der Waals surface area contributed by atoms with Gasteiger partial charge in [0.2, 0.25) is 0 Å². The van der Waals surface area contributed by atoms with Crippen LogP contribution in [0, 0.1) is 12.7 Å². The van der Waals surface area contributed by atoms with Gasteiger partial charge < -0.3 is 15.1 Å². The fourth-order valence-electron chi connectivity index (χ4n) is 3.27. The maximum Gasteiger partial charge on any atom is 0.279 e. The quantitative estimate of drug-likeness (QED) is 0.706. The molecule has 3 N–H and O–H groups in total. The lowest BCUT2D eigenvalue weighted by Gasteiger charge is -2.29. The van der Waals surface area contributed by atoms with Crippen molar-refractivity contribution in [1.82, 2.24) is 0 Å². The van der Waals surface area contributed by atoms with Crippen LogP contribution in [0.3, 0.4) is 0 Å². The Morgan fingerprint density at radius 2 is 1.56 bits per heavy atom. The second-order valence-electron chi connectivity index (χ2n) is 6.89. The Hall–Kier alpha value is -2.24. The highest BCUT2D eigenvalue weighted by molar-refractivity contribution is 5.91. The van der Waals surface area contributed by atoms with E-state index >= 15 is 0 Å². The van der Waals surface area contributed by atoms with Crippen LogP contribution in [0.15, 0.2) is 48.5 Å². The van der Waals surface area contributed by atoms with Crippen molar-refractivity contribution < 1.29 is 19.0 Å². The Labute approximate surface area is 148 Å². The molecule has 1 aliphatic heterocycles. The zero-order valence-corrected chi connectivity index (χ0v) is 14.6. The van der Waals surface area contributed by atoms with E-state index in [1.807, 2.05) is 0 Å². The van der Waals surface area contributed by atoms with Gasteiger partial charge >= 0.3 is 0 Å². The number of carbonyl (C=O) groups excluding carboxylic acids is 1. The first kappa shape index (κ1) is 17.6. The fourth-order valence-corrected chi connectivity index (χ4v) is 3.27. The van der Waals surface area contributed by atoms with E-state index in [9.17, 15) is 9.18 Å². The number of hydrogen-bond donors (Lipinski definition) is 3. The topological polar surface area (TPSA) is 38.0 Å². The highest BCUT2D eigenvalue weighted by atomic mass is 19.1. The van der Waals surface area contributed by atoms with Crippen LogP contribution in [-0.4, -0.2) is 38.6 Å². The normalized spacial score (nSPS) is 20.2. The van der Waals surface area contributed by atoms with Crippen LogP contribution in [0.1, 0.15) is 11.1 Å². The highest BCUT2D eigenvalue weighted by Crippen LogP contribution is 2.07. The second kappa shape index (κ2) is 8.23. The minimum absolute atomic E-state index is 0.0106. The molecule has 0 aromatic heterocycles. The summed E-state index contributed by atoms with van der Waals surface area (Å²) in [6, 6.07) is 14.6. The number of nitrogens with one attached hydrogen (secondary N) is 3. The van der Waals surface area contributed by atoms with E-state index in [1.54, 1.807) is 17.0 Å². The van der Waals surface area contributed by atoms with Crippen molar-refractivity contribution in [2.45, 2.75) is 13.5 Å². The molecule has 2 aromatic carbocycles. The lowest BCUT2D eigenvalue weighted by molar-refractivity contribution is -1.02. The Morgan fingerprint density at radius 1 is 0.960 bits per heavy atom. The molecule has 1 saturated heterocycles. The molecule has 0 atom stereocenters. The average molecular weight is 343 g/mol. The zero-order chi connectivity index (χ0) is 17.6. The molecule has 0 bridgehead atoms. The number of quaternary nitrogens is 2. The number of halogens is 1. The molecular formula is C20H26FN3O+2. The summed E-state index contributed by atoms with van der Waals surface area (Å²) in [6.45, 7) is 7.77. The van der Waals surface area contributed by atoms with Crippen molar-refractivity contribution in [2.24, 2.45) is 0 Å². The lowest BCUT2D eigenvalue weighted by Crippen LogP contribution is -3.28. The summed E-state index contributed by atoms with van der Waals surface area (Å²) < 4.78 is 12.9. The number of benzene rings is 2. The van der Waals surface area contributed by atoms with Gasteiger partial charge in [-0.15, -0.1) is 0 Å². The van der Waals surface area contributed by atoms with Crippen molar-refractivity contribution in [3.05, 3.63) is 65.5 Å². The molecule has 1 aliphatic rings. The fraction of sp³-hybridized carbons (Fsp3) is 0.350. The Balaban J connectivity index is 1.42. The maximum atomic E-state index is 12.9. The molecule has 5 heteroatoms. The molecule has 0 spiro atoms. The summed E-state index contributed by atoms with van der Waals surface area (Å²) in [7, 11) is 0. The van der Waals surface area contributed by atoms with Gasteiger partial charge in [-0.3, -0.25) is 4.79 Å². The number of aryl methyl sites for hydroxylation is 1. The van der Waals surface area contributed by atoms with Gasteiger partial charge in [-0.25, -0.2) is 4.39 Å². The predicted octanol–water partition coefficient (Wildman–Crippen LogP) is 0.0562. The Bertz CT molecular complexity index is 692. The van der Waals surface area contributed by atoms with Crippen LogP contribution in [0.2, 0.25) is 0 Å². The van der Waals surface area contributed by atoms with E-state index in [0.29, 0.717) is 12.2 Å². The summed E-state index contributed by atoms with van der Waals surface area (Å²) in [5.41, 5.74) is 3.31. The maximum absolute atomic E-state index is 12.9. The summed E-state index contributed by atoms with van der Waals surface area (Å²) in [5.74, 6) is -0.306. The van der Waals surface area contributed by atoms with Crippen LogP contribution in [0.5, 0.6) is 0 Å². The van der Waals surface area contributed by atoms with Crippen LogP contribution in [0.25, 0.3) is 0 Å². The van der Waals surface area contributed by atoms with Gasteiger partial charge in [-0.2, -0.15) is 0 Å². The van der Waals surface area contributed by atoms with Gasteiger partial charge in [-0.1, -0.05) is 29.8 Å². The monoisotopic (exact) mass is 343 g/mol. The molecule has 2 aromatic rings. The molecule has 0 radical (unpaired) electrons. The minimum atomic E-state index is -0.295. The van der Waals surface area contributed by atoms with Crippen molar-refractivity contribution in [3.8, 4) is 0 Å². The predicted molar refractivity (Wildman–Crippen MR) is 96.2 cm³/mol.